The quantitative estimate of drug-likeness (QED) is 0.395. The van der Waals surface area contributed by atoms with Gasteiger partial charge in [-0.15, -0.1) is 11.8 Å². The summed E-state index contributed by atoms with van der Waals surface area (Å²) >= 11 is 1.81. The molecule has 1 atom stereocenters. The van der Waals surface area contributed by atoms with Gasteiger partial charge < -0.3 is 5.32 Å². The van der Waals surface area contributed by atoms with Crippen molar-refractivity contribution in [2.24, 2.45) is 0 Å². The monoisotopic (exact) mass is 311 g/mol. The molecule has 120 valence electrons. The second-order valence-corrected chi connectivity index (χ2v) is 6.75. The number of hydrogen-bond acceptors (Lipinski definition) is 2. The molecule has 1 nitrogen and oxygen atoms in total. The molecule has 0 aliphatic carbocycles. The minimum atomic E-state index is -0.160. The molecule has 1 aromatic rings. The smallest absolute Gasteiger partial charge is 0.123 e. The minimum Gasteiger partial charge on any atom is -0.316 e. The molecule has 1 N–H and O–H groups in total. The topological polar surface area (TPSA) is 12.0 Å². The van der Waals surface area contributed by atoms with E-state index < -0.39 is 0 Å². The first-order valence-corrected chi connectivity index (χ1v) is 9.30. The van der Waals surface area contributed by atoms with E-state index in [0.717, 1.165) is 10.6 Å². The van der Waals surface area contributed by atoms with Crippen molar-refractivity contribution in [1.29, 1.82) is 0 Å². The summed E-state index contributed by atoms with van der Waals surface area (Å²) in [6.45, 7) is 2.26. The molecule has 1 unspecified atom stereocenters. The average molecular weight is 312 g/mol. The fourth-order valence-corrected chi connectivity index (χ4v) is 3.44. The van der Waals surface area contributed by atoms with Crippen LogP contribution in [0.15, 0.2) is 29.2 Å². The highest BCUT2D eigenvalue weighted by molar-refractivity contribution is 7.99. The fraction of sp³-hybridized carbons (Fsp3) is 0.667. The molecule has 0 aromatic heterocycles. The van der Waals surface area contributed by atoms with E-state index in [9.17, 15) is 4.39 Å². The van der Waals surface area contributed by atoms with Crippen molar-refractivity contribution in [3.05, 3.63) is 30.1 Å². The van der Waals surface area contributed by atoms with Gasteiger partial charge in [-0.2, -0.15) is 0 Å². The summed E-state index contributed by atoms with van der Waals surface area (Å²) in [6, 6.07) is 7.34. The lowest BCUT2D eigenvalue weighted by molar-refractivity contribution is 0.511. The van der Waals surface area contributed by atoms with E-state index in [-0.39, 0.29) is 5.82 Å². The maximum absolute atomic E-state index is 12.8. The zero-order chi connectivity index (χ0) is 15.3. The number of rotatable bonds is 12. The first-order chi connectivity index (χ1) is 10.3. The zero-order valence-corrected chi connectivity index (χ0v) is 14.4. The van der Waals surface area contributed by atoms with Crippen molar-refractivity contribution in [2.75, 3.05) is 12.8 Å². The van der Waals surface area contributed by atoms with E-state index in [2.05, 4.69) is 12.2 Å². The Labute approximate surface area is 134 Å². The molecule has 0 heterocycles. The van der Waals surface area contributed by atoms with Crippen molar-refractivity contribution >= 4 is 11.8 Å². The van der Waals surface area contributed by atoms with Crippen molar-refractivity contribution in [2.45, 2.75) is 69.2 Å². The molecule has 0 radical (unpaired) electrons. The van der Waals surface area contributed by atoms with Crippen LogP contribution in [0.4, 0.5) is 4.39 Å². The molecule has 0 spiro atoms. The lowest BCUT2D eigenvalue weighted by atomic mass is 10.1. The third kappa shape index (κ3) is 9.15. The Morgan fingerprint density at radius 2 is 1.62 bits per heavy atom. The van der Waals surface area contributed by atoms with Crippen molar-refractivity contribution in [3.63, 3.8) is 0 Å². The highest BCUT2D eigenvalue weighted by Gasteiger charge is 2.06. The Balaban J connectivity index is 2.09. The van der Waals surface area contributed by atoms with Gasteiger partial charge in [-0.1, -0.05) is 51.9 Å². The van der Waals surface area contributed by atoms with Crippen LogP contribution in [0, 0.1) is 5.82 Å². The summed E-state index contributed by atoms with van der Waals surface area (Å²) in [5.74, 6) is 0.894. The summed E-state index contributed by atoms with van der Waals surface area (Å²) in [7, 11) is 2.04. The number of halogens is 1. The van der Waals surface area contributed by atoms with Gasteiger partial charge >= 0.3 is 0 Å². The Morgan fingerprint density at radius 3 is 2.24 bits per heavy atom. The van der Waals surface area contributed by atoms with Crippen LogP contribution in [0.5, 0.6) is 0 Å². The van der Waals surface area contributed by atoms with Crippen LogP contribution < -0.4 is 5.32 Å². The number of benzene rings is 1. The van der Waals surface area contributed by atoms with Crippen LogP contribution >= 0.6 is 11.8 Å². The number of nitrogens with one attached hydrogen (secondary N) is 1. The SMILES string of the molecule is CCCCCCCCCC(CSc1ccc(F)cc1)NC. The summed E-state index contributed by atoms with van der Waals surface area (Å²) in [4.78, 5) is 1.15. The van der Waals surface area contributed by atoms with Gasteiger partial charge in [0.25, 0.3) is 0 Å². The lowest BCUT2D eigenvalue weighted by Gasteiger charge is -2.15. The highest BCUT2D eigenvalue weighted by Crippen LogP contribution is 2.20. The predicted molar refractivity (Wildman–Crippen MR) is 92.6 cm³/mol. The number of unbranched alkanes of at least 4 members (excludes halogenated alkanes) is 6. The Kier molecular flexibility index (Phi) is 10.6. The maximum Gasteiger partial charge on any atom is 0.123 e. The Bertz CT molecular complexity index is 353. The van der Waals surface area contributed by atoms with Crippen LogP contribution in [0.1, 0.15) is 58.3 Å². The number of thioether (sulfide) groups is 1. The number of hydrogen-bond donors (Lipinski definition) is 1. The molecule has 3 heteroatoms. The Hall–Kier alpha value is -0.540. The zero-order valence-electron chi connectivity index (χ0n) is 13.5. The summed E-state index contributed by atoms with van der Waals surface area (Å²) in [5.41, 5.74) is 0. The summed E-state index contributed by atoms with van der Waals surface area (Å²) < 4.78 is 12.8. The van der Waals surface area contributed by atoms with Crippen LogP contribution in [0.3, 0.4) is 0 Å². The van der Waals surface area contributed by atoms with Gasteiger partial charge in [0.2, 0.25) is 0 Å². The van der Waals surface area contributed by atoms with E-state index in [1.807, 2.05) is 30.9 Å². The molecule has 0 fully saturated rings. The molecule has 0 saturated carbocycles. The predicted octanol–water partition coefficient (Wildman–Crippen LogP) is 5.65. The summed E-state index contributed by atoms with van der Waals surface area (Å²) in [5, 5.41) is 3.40. The lowest BCUT2D eigenvalue weighted by Crippen LogP contribution is -2.27. The van der Waals surface area contributed by atoms with Gasteiger partial charge in [0, 0.05) is 16.7 Å². The minimum absolute atomic E-state index is 0.160. The van der Waals surface area contributed by atoms with E-state index in [0.29, 0.717) is 6.04 Å². The molecule has 0 aliphatic rings. The normalized spacial score (nSPS) is 12.5. The fourth-order valence-electron chi connectivity index (χ4n) is 2.39. The van der Waals surface area contributed by atoms with Crippen LogP contribution in [-0.4, -0.2) is 18.8 Å². The standard InChI is InChI=1S/C18H30FNS/c1-3-4-5-6-7-8-9-10-17(20-2)15-21-18-13-11-16(19)12-14-18/h11-14,17,20H,3-10,15H2,1-2H3. The van der Waals surface area contributed by atoms with Crippen LogP contribution in [0.25, 0.3) is 0 Å². The summed E-state index contributed by atoms with van der Waals surface area (Å²) in [6.07, 6.45) is 10.8. The van der Waals surface area contributed by atoms with E-state index in [1.54, 1.807) is 0 Å². The van der Waals surface area contributed by atoms with Crippen molar-refractivity contribution < 1.29 is 4.39 Å². The third-order valence-electron chi connectivity index (χ3n) is 3.83. The van der Waals surface area contributed by atoms with Gasteiger partial charge in [-0.05, 0) is 37.7 Å². The molecular formula is C18H30FNS. The molecule has 1 aromatic carbocycles. The van der Waals surface area contributed by atoms with Crippen LogP contribution in [0.2, 0.25) is 0 Å². The molecule has 21 heavy (non-hydrogen) atoms. The van der Waals surface area contributed by atoms with Gasteiger partial charge in [0.15, 0.2) is 0 Å². The molecule has 0 bridgehead atoms. The van der Waals surface area contributed by atoms with E-state index in [1.165, 1.54) is 63.5 Å². The maximum atomic E-state index is 12.8. The Morgan fingerprint density at radius 1 is 1.00 bits per heavy atom. The first-order valence-electron chi connectivity index (χ1n) is 8.32. The van der Waals surface area contributed by atoms with Gasteiger partial charge in [-0.3, -0.25) is 0 Å². The first kappa shape index (κ1) is 18.5. The third-order valence-corrected chi connectivity index (χ3v) is 5.00. The molecule has 0 amide bonds. The molecule has 0 aliphatic heterocycles. The second kappa shape index (κ2) is 12.0. The van der Waals surface area contributed by atoms with Gasteiger partial charge in [0.1, 0.15) is 5.82 Å². The van der Waals surface area contributed by atoms with E-state index in [4.69, 9.17) is 0 Å². The van der Waals surface area contributed by atoms with Gasteiger partial charge in [-0.25, -0.2) is 4.39 Å². The largest absolute Gasteiger partial charge is 0.316 e. The molecule has 0 saturated heterocycles. The van der Waals surface area contributed by atoms with E-state index >= 15 is 0 Å². The highest BCUT2D eigenvalue weighted by atomic mass is 32.2. The molecular weight excluding hydrogens is 281 g/mol. The van der Waals surface area contributed by atoms with Crippen LogP contribution in [-0.2, 0) is 0 Å². The average Bonchev–Trinajstić information content (AvgIpc) is 2.51. The second-order valence-electron chi connectivity index (χ2n) is 5.66. The van der Waals surface area contributed by atoms with Crippen molar-refractivity contribution in [1.82, 2.24) is 5.32 Å². The van der Waals surface area contributed by atoms with Gasteiger partial charge in [0.05, 0.1) is 0 Å². The van der Waals surface area contributed by atoms with Crippen molar-refractivity contribution in [3.8, 4) is 0 Å². The molecule has 1 rings (SSSR count).